The van der Waals surface area contributed by atoms with Crippen molar-refractivity contribution in [3.8, 4) is 11.6 Å². The van der Waals surface area contributed by atoms with Crippen LogP contribution in [0.25, 0.3) is 0 Å². The first-order chi connectivity index (χ1) is 15.6. The van der Waals surface area contributed by atoms with Crippen LogP contribution in [-0.2, 0) is 16.2 Å². The number of anilines is 1. The molecule has 1 saturated heterocycles. The van der Waals surface area contributed by atoms with E-state index < -0.39 is 21.8 Å². The van der Waals surface area contributed by atoms with E-state index in [1.807, 2.05) is 30.3 Å². The van der Waals surface area contributed by atoms with Crippen LogP contribution < -0.4 is 9.64 Å². The summed E-state index contributed by atoms with van der Waals surface area (Å²) in [6.45, 7) is 1.84. The Morgan fingerprint density at radius 2 is 1.58 bits per heavy atom. The maximum atomic E-state index is 13.0. The number of benzene rings is 2. The van der Waals surface area contributed by atoms with Gasteiger partial charge >= 0.3 is 6.18 Å². The van der Waals surface area contributed by atoms with E-state index in [-0.39, 0.29) is 21.5 Å². The van der Waals surface area contributed by atoms with Crippen molar-refractivity contribution in [2.75, 3.05) is 31.1 Å². The Hall–Kier alpha value is -2.82. The lowest BCUT2D eigenvalue weighted by atomic mass is 10.2. The van der Waals surface area contributed by atoms with Gasteiger partial charge in [-0.05, 0) is 42.5 Å². The van der Waals surface area contributed by atoms with Gasteiger partial charge in [-0.3, -0.25) is 0 Å². The van der Waals surface area contributed by atoms with E-state index in [0.29, 0.717) is 32.4 Å². The number of ether oxygens (including phenoxy) is 1. The van der Waals surface area contributed by atoms with E-state index in [2.05, 4.69) is 9.88 Å². The quantitative estimate of drug-likeness (QED) is 0.493. The number of hydrogen-bond donors (Lipinski definition) is 0. The summed E-state index contributed by atoms with van der Waals surface area (Å²) in [6.07, 6.45) is -3.95. The van der Waals surface area contributed by atoms with Gasteiger partial charge in [0.05, 0.1) is 10.5 Å². The van der Waals surface area contributed by atoms with Crippen molar-refractivity contribution in [2.24, 2.45) is 0 Å². The number of para-hydroxylation sites is 1. The molecule has 0 aliphatic carbocycles. The van der Waals surface area contributed by atoms with Crippen molar-refractivity contribution in [3.63, 3.8) is 0 Å². The summed E-state index contributed by atoms with van der Waals surface area (Å²) in [6, 6.07) is 16.1. The highest BCUT2D eigenvalue weighted by Gasteiger charge is 2.32. The van der Waals surface area contributed by atoms with Crippen LogP contribution in [0, 0.1) is 0 Å². The first-order valence-corrected chi connectivity index (χ1v) is 11.8. The van der Waals surface area contributed by atoms with Gasteiger partial charge in [0.25, 0.3) is 0 Å². The molecule has 1 aliphatic rings. The fourth-order valence-electron chi connectivity index (χ4n) is 3.42. The van der Waals surface area contributed by atoms with E-state index >= 15 is 0 Å². The zero-order valence-corrected chi connectivity index (χ0v) is 18.7. The predicted octanol–water partition coefficient (Wildman–Crippen LogP) is 5.06. The molecule has 0 atom stereocenters. The number of halogens is 4. The highest BCUT2D eigenvalue weighted by molar-refractivity contribution is 7.89. The van der Waals surface area contributed by atoms with Crippen molar-refractivity contribution < 1.29 is 26.3 Å². The molecule has 3 aromatic rings. The zero-order chi connectivity index (χ0) is 23.6. The second-order valence-corrected chi connectivity index (χ2v) is 9.65. The molecule has 0 amide bonds. The average Bonchev–Trinajstić information content (AvgIpc) is 2.81. The minimum atomic E-state index is -4.57. The molecule has 6 nitrogen and oxygen atoms in total. The number of hydrogen-bond acceptors (Lipinski definition) is 5. The molecule has 4 rings (SSSR count). The molecule has 0 bridgehead atoms. The highest BCUT2D eigenvalue weighted by Crippen LogP contribution is 2.35. The molecule has 1 aromatic heterocycles. The number of aromatic nitrogens is 1. The van der Waals surface area contributed by atoms with Gasteiger partial charge in [0.2, 0.25) is 15.9 Å². The maximum absolute atomic E-state index is 13.0. The van der Waals surface area contributed by atoms with E-state index in [9.17, 15) is 21.6 Å². The highest BCUT2D eigenvalue weighted by atomic mass is 35.5. The Morgan fingerprint density at radius 1 is 0.939 bits per heavy atom. The summed E-state index contributed by atoms with van der Waals surface area (Å²) in [5.41, 5.74) is 0.0558. The molecule has 1 aliphatic heterocycles. The van der Waals surface area contributed by atoms with Gasteiger partial charge in [-0.15, -0.1) is 0 Å². The minimum absolute atomic E-state index is 0.0921. The Morgan fingerprint density at radius 3 is 2.15 bits per heavy atom. The lowest BCUT2D eigenvalue weighted by Crippen LogP contribution is -2.48. The van der Waals surface area contributed by atoms with Crippen LogP contribution in [0.15, 0.2) is 71.8 Å². The van der Waals surface area contributed by atoms with Crippen LogP contribution in [0.1, 0.15) is 5.56 Å². The van der Waals surface area contributed by atoms with Gasteiger partial charge in [0, 0.05) is 38.1 Å². The van der Waals surface area contributed by atoms with Gasteiger partial charge in [0.15, 0.2) is 0 Å². The van der Waals surface area contributed by atoms with Crippen molar-refractivity contribution in [2.45, 2.75) is 11.1 Å². The number of nitrogens with zero attached hydrogens (tertiary/aromatic N) is 3. The summed E-state index contributed by atoms with van der Waals surface area (Å²) in [5.74, 6) is -0.0192. The van der Waals surface area contributed by atoms with Crippen molar-refractivity contribution in [3.05, 3.63) is 77.4 Å². The molecular formula is C22H19ClF3N3O3S. The number of sulfonamides is 1. The molecule has 2 heterocycles. The average molecular weight is 498 g/mol. The van der Waals surface area contributed by atoms with Crippen LogP contribution in [0.3, 0.4) is 0 Å². The number of alkyl halides is 3. The van der Waals surface area contributed by atoms with Crippen molar-refractivity contribution >= 4 is 27.3 Å². The van der Waals surface area contributed by atoms with Crippen molar-refractivity contribution in [1.82, 2.24) is 9.29 Å². The van der Waals surface area contributed by atoms with Crippen LogP contribution >= 0.6 is 11.6 Å². The molecule has 0 radical (unpaired) electrons. The minimum Gasteiger partial charge on any atom is -0.438 e. The number of rotatable bonds is 5. The lowest BCUT2D eigenvalue weighted by Gasteiger charge is -2.35. The van der Waals surface area contributed by atoms with E-state index in [1.54, 1.807) is 0 Å². The van der Waals surface area contributed by atoms with Gasteiger partial charge in [-0.25, -0.2) is 13.4 Å². The molecule has 11 heteroatoms. The topological polar surface area (TPSA) is 62.7 Å². The zero-order valence-electron chi connectivity index (χ0n) is 17.2. The Kier molecular flexibility index (Phi) is 6.51. The second kappa shape index (κ2) is 9.20. The normalized spacial score (nSPS) is 15.5. The van der Waals surface area contributed by atoms with Crippen LogP contribution in [-0.4, -0.2) is 43.9 Å². The third kappa shape index (κ3) is 5.23. The first-order valence-electron chi connectivity index (χ1n) is 9.95. The SMILES string of the molecule is O=S(=O)(c1ccc(Oc2ncc(C(F)(F)F)cc2Cl)cc1)N1CCN(c2ccccc2)CC1. The summed E-state index contributed by atoms with van der Waals surface area (Å²) < 4.78 is 71.1. The molecular weight excluding hydrogens is 479 g/mol. The Balaban J connectivity index is 1.42. The molecule has 0 N–H and O–H groups in total. The summed E-state index contributed by atoms with van der Waals surface area (Å²) in [4.78, 5) is 5.83. The standard InChI is InChI=1S/C22H19ClF3N3O3S/c23-20-14-16(22(24,25)26)15-27-21(20)32-18-6-8-19(9-7-18)33(30,31)29-12-10-28(11-13-29)17-4-2-1-3-5-17/h1-9,14-15H,10-13H2. The lowest BCUT2D eigenvalue weighted by molar-refractivity contribution is -0.137. The predicted molar refractivity (Wildman–Crippen MR) is 118 cm³/mol. The third-order valence-electron chi connectivity index (χ3n) is 5.17. The van der Waals surface area contributed by atoms with Crippen molar-refractivity contribution in [1.29, 1.82) is 0 Å². The van der Waals surface area contributed by atoms with Crippen LogP contribution in [0.4, 0.5) is 18.9 Å². The molecule has 0 unspecified atom stereocenters. The molecule has 2 aromatic carbocycles. The summed E-state index contributed by atoms with van der Waals surface area (Å²) >= 11 is 5.85. The largest absolute Gasteiger partial charge is 0.438 e. The molecule has 1 fully saturated rings. The second-order valence-electron chi connectivity index (χ2n) is 7.31. The first kappa shape index (κ1) is 23.3. The number of piperazine rings is 1. The fraction of sp³-hybridized carbons (Fsp3) is 0.227. The Labute approximate surface area is 194 Å². The Bertz CT molecular complexity index is 1220. The molecule has 33 heavy (non-hydrogen) atoms. The van der Waals surface area contributed by atoms with Gasteiger partial charge in [-0.2, -0.15) is 17.5 Å². The summed E-state index contributed by atoms with van der Waals surface area (Å²) in [7, 11) is -3.70. The molecule has 174 valence electrons. The smallest absolute Gasteiger partial charge is 0.417 e. The van der Waals surface area contributed by atoms with E-state index in [0.717, 1.165) is 11.8 Å². The maximum Gasteiger partial charge on any atom is 0.417 e. The monoisotopic (exact) mass is 497 g/mol. The fourth-order valence-corrected chi connectivity index (χ4v) is 5.05. The number of pyridine rings is 1. The van der Waals surface area contributed by atoms with E-state index in [1.165, 1.54) is 28.6 Å². The van der Waals surface area contributed by atoms with E-state index in [4.69, 9.17) is 16.3 Å². The van der Waals surface area contributed by atoms with Crippen LogP contribution in [0.5, 0.6) is 11.6 Å². The molecule has 0 spiro atoms. The molecule has 0 saturated carbocycles. The van der Waals surface area contributed by atoms with Gasteiger partial charge in [0.1, 0.15) is 10.8 Å². The third-order valence-corrected chi connectivity index (χ3v) is 7.35. The summed E-state index contributed by atoms with van der Waals surface area (Å²) in [5, 5.41) is -0.308. The van der Waals surface area contributed by atoms with Gasteiger partial charge in [-0.1, -0.05) is 29.8 Å². The van der Waals surface area contributed by atoms with Crippen LogP contribution in [0.2, 0.25) is 5.02 Å². The van der Waals surface area contributed by atoms with Gasteiger partial charge < -0.3 is 9.64 Å².